The van der Waals surface area contributed by atoms with Crippen LogP contribution in [0.15, 0.2) is 51.7 Å². The zero-order chi connectivity index (χ0) is 22.0. The van der Waals surface area contributed by atoms with Gasteiger partial charge in [0.25, 0.3) is 5.91 Å². The highest BCUT2D eigenvalue weighted by Gasteiger charge is 2.12. The molecule has 0 bridgehead atoms. The van der Waals surface area contributed by atoms with Crippen LogP contribution in [0, 0.1) is 20.8 Å². The average Bonchev–Trinajstić information content (AvgIpc) is 3.08. The number of hydrogen-bond acceptors (Lipinski definition) is 7. The Bertz CT molecular complexity index is 1320. The molecule has 1 aromatic carbocycles. The number of anilines is 1. The van der Waals surface area contributed by atoms with Gasteiger partial charge in [-0.3, -0.25) is 9.59 Å². The van der Waals surface area contributed by atoms with Gasteiger partial charge in [0.2, 0.25) is 0 Å². The average molecular weight is 418 g/mol. The molecule has 0 fully saturated rings. The molecule has 9 nitrogen and oxygen atoms in total. The number of para-hydroxylation sites is 1. The molecule has 0 atom stereocenters. The molecule has 0 aliphatic rings. The molecule has 3 aromatic heterocycles. The Kier molecular flexibility index (Phi) is 5.48. The zero-order valence-electron chi connectivity index (χ0n) is 17.5. The van der Waals surface area contributed by atoms with E-state index in [1.54, 1.807) is 35.0 Å². The third-order valence-electron chi connectivity index (χ3n) is 4.63. The minimum absolute atomic E-state index is 0.0200. The summed E-state index contributed by atoms with van der Waals surface area (Å²) in [4.78, 5) is 33.4. The minimum atomic E-state index is -0.452. The first-order chi connectivity index (χ1) is 14.9. The lowest BCUT2D eigenvalue weighted by atomic mass is 10.2. The van der Waals surface area contributed by atoms with E-state index in [-0.39, 0.29) is 11.2 Å². The van der Waals surface area contributed by atoms with Crippen molar-refractivity contribution in [2.45, 2.75) is 20.8 Å². The summed E-state index contributed by atoms with van der Waals surface area (Å²) in [5.74, 6) is 1.43. The highest BCUT2D eigenvalue weighted by Crippen LogP contribution is 2.14. The van der Waals surface area contributed by atoms with Crippen LogP contribution in [0.3, 0.4) is 0 Å². The molecule has 0 aliphatic heterocycles. The number of benzene rings is 1. The summed E-state index contributed by atoms with van der Waals surface area (Å²) in [7, 11) is 0. The smallest absolute Gasteiger partial charge is 0.287 e. The van der Waals surface area contributed by atoms with Crippen molar-refractivity contribution >= 4 is 22.7 Å². The van der Waals surface area contributed by atoms with E-state index in [0.717, 1.165) is 11.4 Å². The van der Waals surface area contributed by atoms with E-state index < -0.39 is 5.91 Å². The van der Waals surface area contributed by atoms with Crippen molar-refractivity contribution < 1.29 is 9.21 Å². The van der Waals surface area contributed by atoms with Crippen LogP contribution in [0.1, 0.15) is 27.8 Å². The molecule has 4 rings (SSSR count). The number of amides is 1. The number of rotatable bonds is 6. The number of hydrogen-bond donors (Lipinski definition) is 2. The van der Waals surface area contributed by atoms with E-state index in [1.807, 2.05) is 26.8 Å². The predicted octanol–water partition coefficient (Wildman–Crippen LogP) is 2.54. The largest absolute Gasteiger partial charge is 0.451 e. The lowest BCUT2D eigenvalue weighted by Gasteiger charge is -2.10. The Balaban J connectivity index is 1.39. The van der Waals surface area contributed by atoms with Crippen LogP contribution < -0.4 is 16.1 Å². The SMILES string of the molecule is Cc1cc(C)n(-c2cc(NCCNC(=O)c3cc(=O)c4ccccc4o3)nc(C)n2)n1. The van der Waals surface area contributed by atoms with Gasteiger partial charge in [0.1, 0.15) is 17.2 Å². The molecule has 31 heavy (non-hydrogen) atoms. The summed E-state index contributed by atoms with van der Waals surface area (Å²) < 4.78 is 7.31. The quantitative estimate of drug-likeness (QED) is 0.462. The van der Waals surface area contributed by atoms with Crippen LogP contribution in [0.5, 0.6) is 0 Å². The van der Waals surface area contributed by atoms with Gasteiger partial charge in [0, 0.05) is 30.9 Å². The third-order valence-corrected chi connectivity index (χ3v) is 4.63. The Morgan fingerprint density at radius 1 is 1.06 bits per heavy atom. The molecule has 0 radical (unpaired) electrons. The topological polar surface area (TPSA) is 115 Å². The molecule has 0 aliphatic carbocycles. The molecule has 0 unspecified atom stereocenters. The number of nitrogens with one attached hydrogen (secondary N) is 2. The van der Waals surface area contributed by atoms with Gasteiger partial charge in [-0.25, -0.2) is 14.6 Å². The van der Waals surface area contributed by atoms with Crippen LogP contribution in [0.4, 0.5) is 5.82 Å². The number of aryl methyl sites for hydroxylation is 3. The van der Waals surface area contributed by atoms with E-state index in [4.69, 9.17) is 4.42 Å². The maximum atomic E-state index is 12.4. The first-order valence-corrected chi connectivity index (χ1v) is 9.85. The van der Waals surface area contributed by atoms with Crippen LogP contribution in [-0.2, 0) is 0 Å². The fraction of sp³-hybridized carbons (Fsp3) is 0.227. The summed E-state index contributed by atoms with van der Waals surface area (Å²) in [6.07, 6.45) is 0. The fourth-order valence-corrected chi connectivity index (χ4v) is 3.28. The van der Waals surface area contributed by atoms with Crippen molar-refractivity contribution in [1.82, 2.24) is 25.1 Å². The van der Waals surface area contributed by atoms with E-state index in [9.17, 15) is 9.59 Å². The van der Waals surface area contributed by atoms with Crippen LogP contribution in [-0.4, -0.2) is 38.7 Å². The second-order valence-corrected chi connectivity index (χ2v) is 7.15. The molecule has 4 aromatic rings. The van der Waals surface area contributed by atoms with Crippen LogP contribution in [0.2, 0.25) is 0 Å². The number of aromatic nitrogens is 4. The maximum Gasteiger partial charge on any atom is 0.287 e. The molecule has 0 spiro atoms. The van der Waals surface area contributed by atoms with Crippen molar-refractivity contribution in [1.29, 1.82) is 0 Å². The third kappa shape index (κ3) is 4.45. The van der Waals surface area contributed by atoms with Crippen molar-refractivity contribution in [3.05, 3.63) is 75.7 Å². The Hall–Kier alpha value is -4.01. The Labute approximate surface area is 178 Å². The van der Waals surface area contributed by atoms with Crippen molar-refractivity contribution in [2.24, 2.45) is 0 Å². The lowest BCUT2D eigenvalue weighted by Crippen LogP contribution is -2.29. The lowest BCUT2D eigenvalue weighted by molar-refractivity contribution is 0.0928. The molecule has 1 amide bonds. The molecule has 9 heteroatoms. The van der Waals surface area contributed by atoms with Crippen LogP contribution in [0.25, 0.3) is 16.8 Å². The number of nitrogens with zero attached hydrogens (tertiary/aromatic N) is 4. The first-order valence-electron chi connectivity index (χ1n) is 9.85. The molecule has 158 valence electrons. The van der Waals surface area contributed by atoms with Crippen molar-refractivity contribution in [3.8, 4) is 5.82 Å². The summed E-state index contributed by atoms with van der Waals surface area (Å²) in [5, 5.41) is 10.8. The van der Waals surface area contributed by atoms with Gasteiger partial charge in [-0.05, 0) is 39.0 Å². The van der Waals surface area contributed by atoms with Gasteiger partial charge in [-0.1, -0.05) is 12.1 Å². The van der Waals surface area contributed by atoms with E-state index in [1.165, 1.54) is 6.07 Å². The molecule has 0 saturated heterocycles. The Morgan fingerprint density at radius 2 is 1.87 bits per heavy atom. The van der Waals surface area contributed by atoms with Gasteiger partial charge in [-0.15, -0.1) is 0 Å². The van der Waals surface area contributed by atoms with Gasteiger partial charge >= 0.3 is 0 Å². The summed E-state index contributed by atoms with van der Waals surface area (Å²) in [6.45, 7) is 6.44. The van der Waals surface area contributed by atoms with E-state index >= 15 is 0 Å². The fourth-order valence-electron chi connectivity index (χ4n) is 3.28. The number of carbonyl (C=O) groups excluding carboxylic acids is 1. The minimum Gasteiger partial charge on any atom is -0.451 e. The number of carbonyl (C=O) groups is 1. The summed E-state index contributed by atoms with van der Waals surface area (Å²) >= 11 is 0. The number of fused-ring (bicyclic) bond motifs is 1. The standard InChI is InChI=1S/C22H22N6O3/c1-13-10-14(2)28(27-13)21-12-20(25-15(3)26-21)23-8-9-24-22(30)19-11-17(29)16-6-4-5-7-18(16)31-19/h4-7,10-12H,8-9H2,1-3H3,(H,24,30)(H,23,25,26). The molecule has 3 heterocycles. The van der Waals surface area contributed by atoms with Crippen LogP contribution >= 0.6 is 0 Å². The maximum absolute atomic E-state index is 12.4. The Morgan fingerprint density at radius 3 is 2.65 bits per heavy atom. The van der Waals surface area contributed by atoms with Gasteiger partial charge in [-0.2, -0.15) is 5.10 Å². The normalized spacial score (nSPS) is 10.9. The van der Waals surface area contributed by atoms with Crippen molar-refractivity contribution in [2.75, 3.05) is 18.4 Å². The molecular formula is C22H22N6O3. The summed E-state index contributed by atoms with van der Waals surface area (Å²) in [6, 6.07) is 11.8. The highest BCUT2D eigenvalue weighted by molar-refractivity contribution is 5.93. The summed E-state index contributed by atoms with van der Waals surface area (Å²) in [5.41, 5.74) is 2.02. The second-order valence-electron chi connectivity index (χ2n) is 7.15. The molecular weight excluding hydrogens is 396 g/mol. The van der Waals surface area contributed by atoms with Gasteiger partial charge in [0.05, 0.1) is 11.1 Å². The first kappa shape index (κ1) is 20.3. The highest BCUT2D eigenvalue weighted by atomic mass is 16.3. The predicted molar refractivity (Wildman–Crippen MR) is 117 cm³/mol. The molecule has 0 saturated carbocycles. The van der Waals surface area contributed by atoms with Crippen molar-refractivity contribution in [3.63, 3.8) is 0 Å². The van der Waals surface area contributed by atoms with E-state index in [2.05, 4.69) is 25.7 Å². The van der Waals surface area contributed by atoms with E-state index in [0.29, 0.717) is 41.5 Å². The van der Waals surface area contributed by atoms with Gasteiger partial charge in [0.15, 0.2) is 17.0 Å². The zero-order valence-corrected chi connectivity index (χ0v) is 17.5. The van der Waals surface area contributed by atoms with Gasteiger partial charge < -0.3 is 15.1 Å². The monoisotopic (exact) mass is 418 g/mol. The second kappa shape index (κ2) is 8.39. The molecule has 2 N–H and O–H groups in total.